The van der Waals surface area contributed by atoms with E-state index in [4.69, 9.17) is 0 Å². The van der Waals surface area contributed by atoms with Crippen molar-refractivity contribution in [3.05, 3.63) is 80.6 Å². The molecule has 1 aromatic heterocycles. The summed E-state index contributed by atoms with van der Waals surface area (Å²) in [6.07, 6.45) is -1.68. The molecule has 0 saturated carbocycles. The molecule has 28 heavy (non-hydrogen) atoms. The largest absolute Gasteiger partial charge is 0.416 e. The van der Waals surface area contributed by atoms with Crippen LogP contribution in [0.2, 0.25) is 0 Å². The first-order chi connectivity index (χ1) is 13.2. The molecule has 144 valence electrons. The predicted molar refractivity (Wildman–Crippen MR) is 97.3 cm³/mol. The van der Waals surface area contributed by atoms with Gasteiger partial charge < -0.3 is 5.32 Å². The van der Waals surface area contributed by atoms with E-state index in [1.54, 1.807) is 6.07 Å². The van der Waals surface area contributed by atoms with E-state index in [9.17, 15) is 28.1 Å². The van der Waals surface area contributed by atoms with Crippen LogP contribution in [0.25, 0.3) is 5.69 Å². The number of alkyl halides is 3. The summed E-state index contributed by atoms with van der Waals surface area (Å²) >= 11 is 3.01. The second-order valence-corrected chi connectivity index (χ2v) is 6.41. The number of aromatic nitrogens is 2. The van der Waals surface area contributed by atoms with Crippen LogP contribution in [0.1, 0.15) is 15.9 Å². The molecular weight excluding hydrogens is 445 g/mol. The first kappa shape index (κ1) is 19.5. The number of hydrogen-bond donors (Lipinski definition) is 1. The first-order valence-electron chi connectivity index (χ1n) is 7.63. The van der Waals surface area contributed by atoms with Gasteiger partial charge in [-0.25, -0.2) is 4.68 Å². The van der Waals surface area contributed by atoms with Gasteiger partial charge in [0.25, 0.3) is 11.6 Å². The number of hydrogen-bond acceptors (Lipinski definition) is 4. The van der Waals surface area contributed by atoms with Gasteiger partial charge in [-0.15, -0.1) is 0 Å². The highest BCUT2D eigenvalue weighted by Crippen LogP contribution is 2.34. The number of benzene rings is 2. The Kier molecular flexibility index (Phi) is 5.18. The smallest absolute Gasteiger partial charge is 0.320 e. The van der Waals surface area contributed by atoms with Crippen molar-refractivity contribution in [2.75, 3.05) is 5.32 Å². The maximum absolute atomic E-state index is 13.1. The molecule has 3 aromatic rings. The molecule has 0 aliphatic rings. The van der Waals surface area contributed by atoms with Gasteiger partial charge in [0.2, 0.25) is 0 Å². The maximum atomic E-state index is 13.1. The molecule has 0 spiro atoms. The van der Waals surface area contributed by atoms with E-state index >= 15 is 0 Å². The number of nitrogens with zero attached hydrogens (tertiary/aromatic N) is 3. The fourth-order valence-electron chi connectivity index (χ4n) is 2.41. The number of carbonyl (C=O) groups excluding carboxylic acids is 1. The summed E-state index contributed by atoms with van der Waals surface area (Å²) in [5.74, 6) is -0.802. The lowest BCUT2D eigenvalue weighted by molar-refractivity contribution is -0.385. The van der Waals surface area contributed by atoms with Crippen molar-refractivity contribution < 1.29 is 22.9 Å². The highest BCUT2D eigenvalue weighted by atomic mass is 79.9. The van der Waals surface area contributed by atoms with Gasteiger partial charge in [-0.3, -0.25) is 14.9 Å². The summed E-state index contributed by atoms with van der Waals surface area (Å²) in [4.78, 5) is 22.9. The summed E-state index contributed by atoms with van der Waals surface area (Å²) in [5, 5.41) is 17.4. The Morgan fingerprint density at radius 3 is 2.57 bits per heavy atom. The minimum absolute atomic E-state index is 0.0845. The van der Waals surface area contributed by atoms with Crippen LogP contribution in [0.3, 0.4) is 0 Å². The van der Waals surface area contributed by atoms with E-state index in [-0.39, 0.29) is 27.1 Å². The minimum Gasteiger partial charge on any atom is -0.320 e. The normalized spacial score (nSPS) is 11.3. The summed E-state index contributed by atoms with van der Waals surface area (Å²) < 4.78 is 40.7. The SMILES string of the molecule is O=C(Nc1cc(C(F)(F)F)ccc1-n1cccn1)c1ccc(Br)c([N+](=O)[O-])c1. The lowest BCUT2D eigenvalue weighted by Gasteiger charge is -2.15. The third kappa shape index (κ3) is 4.03. The van der Waals surface area contributed by atoms with Gasteiger partial charge in [-0.2, -0.15) is 18.3 Å². The van der Waals surface area contributed by atoms with Gasteiger partial charge in [0.15, 0.2) is 0 Å². The van der Waals surface area contributed by atoms with E-state index in [1.165, 1.54) is 35.3 Å². The molecular formula is C17H10BrF3N4O3. The quantitative estimate of drug-likeness (QED) is 0.452. The second kappa shape index (κ2) is 7.43. The molecule has 7 nitrogen and oxygen atoms in total. The summed E-state index contributed by atoms with van der Waals surface area (Å²) in [5.41, 5.74) is -1.32. The van der Waals surface area contributed by atoms with Crippen LogP contribution in [0.15, 0.2) is 59.3 Å². The first-order valence-corrected chi connectivity index (χ1v) is 8.42. The number of nitro groups is 1. The van der Waals surface area contributed by atoms with Crippen molar-refractivity contribution in [2.24, 2.45) is 0 Å². The van der Waals surface area contributed by atoms with Gasteiger partial charge in [-0.05, 0) is 52.3 Å². The third-order valence-electron chi connectivity index (χ3n) is 3.73. The monoisotopic (exact) mass is 454 g/mol. The number of rotatable bonds is 4. The average molecular weight is 455 g/mol. The Hall–Kier alpha value is -3.21. The van der Waals surface area contributed by atoms with Gasteiger partial charge in [0, 0.05) is 24.0 Å². The Balaban J connectivity index is 2.02. The van der Waals surface area contributed by atoms with Crippen molar-refractivity contribution in [3.8, 4) is 5.69 Å². The molecule has 3 rings (SSSR count). The number of nitrogens with one attached hydrogen (secondary N) is 1. The molecule has 0 aliphatic heterocycles. The van der Waals surface area contributed by atoms with Crippen molar-refractivity contribution in [1.82, 2.24) is 9.78 Å². The third-order valence-corrected chi connectivity index (χ3v) is 4.40. The lowest BCUT2D eigenvalue weighted by Crippen LogP contribution is -2.16. The molecule has 1 amide bonds. The van der Waals surface area contributed by atoms with Gasteiger partial charge in [0.1, 0.15) is 0 Å². The lowest BCUT2D eigenvalue weighted by atomic mass is 10.1. The van der Waals surface area contributed by atoms with Crippen molar-refractivity contribution in [2.45, 2.75) is 6.18 Å². The zero-order chi connectivity index (χ0) is 20.5. The molecule has 0 aliphatic carbocycles. The van der Waals surface area contributed by atoms with Gasteiger partial charge in [-0.1, -0.05) is 0 Å². The maximum Gasteiger partial charge on any atom is 0.416 e. The van der Waals surface area contributed by atoms with Crippen LogP contribution in [0, 0.1) is 10.1 Å². The van der Waals surface area contributed by atoms with Gasteiger partial charge in [0.05, 0.1) is 26.3 Å². The molecule has 0 unspecified atom stereocenters. The van der Waals surface area contributed by atoms with E-state index in [1.807, 2.05) is 0 Å². The number of amides is 1. The topological polar surface area (TPSA) is 90.1 Å². The molecule has 0 fully saturated rings. The fourth-order valence-corrected chi connectivity index (χ4v) is 2.80. The number of halogens is 4. The Bertz CT molecular complexity index is 1050. The molecule has 0 atom stereocenters. The number of carbonyl (C=O) groups is 1. The van der Waals surface area contributed by atoms with Crippen LogP contribution in [-0.4, -0.2) is 20.6 Å². The van der Waals surface area contributed by atoms with Crippen molar-refractivity contribution >= 4 is 33.2 Å². The molecule has 1 N–H and O–H groups in total. The zero-order valence-corrected chi connectivity index (χ0v) is 15.4. The summed E-state index contributed by atoms with van der Waals surface area (Å²) in [6, 6.07) is 8.05. The fraction of sp³-hybridized carbons (Fsp3) is 0.0588. The predicted octanol–water partition coefficient (Wildman–Crippen LogP) is 4.81. The highest BCUT2D eigenvalue weighted by molar-refractivity contribution is 9.10. The van der Waals surface area contributed by atoms with E-state index in [2.05, 4.69) is 26.3 Å². The standard InChI is InChI=1S/C17H10BrF3N4O3/c18-12-4-2-10(8-15(12)25(27)28)16(26)23-13-9-11(17(19,20)21)3-5-14(13)24-7-1-6-22-24/h1-9H,(H,23,26). The van der Waals surface area contributed by atoms with Crippen LogP contribution >= 0.6 is 15.9 Å². The van der Waals surface area contributed by atoms with E-state index in [0.717, 1.165) is 18.2 Å². The highest BCUT2D eigenvalue weighted by Gasteiger charge is 2.31. The summed E-state index contributed by atoms with van der Waals surface area (Å²) in [7, 11) is 0. The zero-order valence-electron chi connectivity index (χ0n) is 13.8. The second-order valence-electron chi connectivity index (χ2n) is 5.56. The minimum atomic E-state index is -4.61. The van der Waals surface area contributed by atoms with E-state index in [0.29, 0.717) is 0 Å². The van der Waals surface area contributed by atoms with E-state index < -0.39 is 22.6 Å². The summed E-state index contributed by atoms with van der Waals surface area (Å²) in [6.45, 7) is 0. The van der Waals surface area contributed by atoms with Crippen LogP contribution in [0.4, 0.5) is 24.5 Å². The van der Waals surface area contributed by atoms with Crippen LogP contribution in [-0.2, 0) is 6.18 Å². The van der Waals surface area contributed by atoms with Gasteiger partial charge >= 0.3 is 6.18 Å². The van der Waals surface area contributed by atoms with Crippen molar-refractivity contribution in [3.63, 3.8) is 0 Å². The number of nitro benzene ring substituents is 1. The average Bonchev–Trinajstić information content (AvgIpc) is 3.15. The Labute approximate surface area is 164 Å². The molecule has 0 radical (unpaired) electrons. The molecule has 0 bridgehead atoms. The van der Waals surface area contributed by atoms with Crippen molar-refractivity contribution in [1.29, 1.82) is 0 Å². The molecule has 0 saturated heterocycles. The Morgan fingerprint density at radius 1 is 1.21 bits per heavy atom. The van der Waals surface area contributed by atoms with Crippen LogP contribution < -0.4 is 5.32 Å². The number of anilines is 1. The molecule has 2 aromatic carbocycles. The molecule has 1 heterocycles. The van der Waals surface area contributed by atoms with Crippen LogP contribution in [0.5, 0.6) is 0 Å². The Morgan fingerprint density at radius 2 is 1.96 bits per heavy atom. The molecule has 11 heteroatoms.